The molecule has 2 aliphatic rings. The van der Waals surface area contributed by atoms with Crippen molar-refractivity contribution in [1.82, 2.24) is 0 Å². The number of benzene rings is 1. The van der Waals surface area contributed by atoms with E-state index in [4.69, 9.17) is 23.2 Å². The van der Waals surface area contributed by atoms with Crippen LogP contribution >= 0.6 is 23.2 Å². The standard InChI is InChI=1S/C18H18Cl2/c1-12-9-10-15(16-7-3-2-6-14(12)16)13-5-4-8-17(19)18(20)11-13/h2-4,6-8,11-12,15H,5,9-10H2,1H3. The van der Waals surface area contributed by atoms with Gasteiger partial charge in [-0.05, 0) is 48.5 Å². The Morgan fingerprint density at radius 3 is 2.55 bits per heavy atom. The van der Waals surface area contributed by atoms with Gasteiger partial charge in [0.05, 0.1) is 10.1 Å². The lowest BCUT2D eigenvalue weighted by Crippen LogP contribution is -2.14. The van der Waals surface area contributed by atoms with Crippen molar-refractivity contribution < 1.29 is 0 Å². The molecule has 3 rings (SSSR count). The molecule has 0 aromatic heterocycles. The Balaban J connectivity index is 2.02. The summed E-state index contributed by atoms with van der Waals surface area (Å²) in [5, 5.41) is 1.30. The average Bonchev–Trinajstić information content (AvgIpc) is 2.62. The van der Waals surface area contributed by atoms with Crippen LogP contribution in [-0.2, 0) is 0 Å². The third-order valence-electron chi connectivity index (χ3n) is 4.40. The Bertz CT molecular complexity index is 608. The molecule has 1 aromatic rings. The summed E-state index contributed by atoms with van der Waals surface area (Å²) in [4.78, 5) is 0. The normalized spacial score (nSPS) is 26.1. The van der Waals surface area contributed by atoms with Crippen molar-refractivity contribution in [2.75, 3.05) is 0 Å². The summed E-state index contributed by atoms with van der Waals surface area (Å²) in [5.41, 5.74) is 4.33. The number of fused-ring (bicyclic) bond motifs is 1. The third kappa shape index (κ3) is 2.60. The monoisotopic (exact) mass is 304 g/mol. The summed E-state index contributed by atoms with van der Waals surface area (Å²) in [6.07, 6.45) is 9.45. The lowest BCUT2D eigenvalue weighted by atomic mass is 9.74. The van der Waals surface area contributed by atoms with E-state index >= 15 is 0 Å². The highest BCUT2D eigenvalue weighted by Gasteiger charge is 2.27. The predicted octanol–water partition coefficient (Wildman–Crippen LogP) is 6.24. The Morgan fingerprint density at radius 2 is 1.75 bits per heavy atom. The van der Waals surface area contributed by atoms with Gasteiger partial charge in [0, 0.05) is 5.92 Å². The molecule has 0 aliphatic heterocycles. The van der Waals surface area contributed by atoms with Crippen molar-refractivity contribution in [3.8, 4) is 0 Å². The molecule has 2 atom stereocenters. The van der Waals surface area contributed by atoms with Gasteiger partial charge in [0.15, 0.2) is 0 Å². The van der Waals surface area contributed by atoms with Gasteiger partial charge in [0.2, 0.25) is 0 Å². The van der Waals surface area contributed by atoms with Crippen LogP contribution in [0.2, 0.25) is 0 Å². The zero-order valence-corrected chi connectivity index (χ0v) is 13.1. The Kier molecular flexibility index (Phi) is 4.05. The van der Waals surface area contributed by atoms with Crippen molar-refractivity contribution in [3.05, 3.63) is 69.3 Å². The summed E-state index contributed by atoms with van der Waals surface area (Å²) in [6.45, 7) is 2.32. The highest BCUT2D eigenvalue weighted by atomic mass is 35.5. The lowest BCUT2D eigenvalue weighted by molar-refractivity contribution is 0.536. The molecule has 0 radical (unpaired) electrons. The molecule has 0 heterocycles. The smallest absolute Gasteiger partial charge is 0.0592 e. The van der Waals surface area contributed by atoms with Crippen molar-refractivity contribution in [3.63, 3.8) is 0 Å². The lowest BCUT2D eigenvalue weighted by Gasteiger charge is -2.31. The van der Waals surface area contributed by atoms with E-state index in [0.29, 0.717) is 21.9 Å². The summed E-state index contributed by atoms with van der Waals surface area (Å²) in [5.74, 6) is 1.13. The second-order valence-electron chi connectivity index (χ2n) is 5.68. The highest BCUT2D eigenvalue weighted by Crippen LogP contribution is 2.44. The first kappa shape index (κ1) is 14.0. The second-order valence-corrected chi connectivity index (χ2v) is 6.50. The van der Waals surface area contributed by atoms with E-state index in [1.165, 1.54) is 29.5 Å². The van der Waals surface area contributed by atoms with Crippen LogP contribution in [0, 0.1) is 0 Å². The number of hydrogen-bond acceptors (Lipinski definition) is 0. The van der Waals surface area contributed by atoms with Gasteiger partial charge in [0.25, 0.3) is 0 Å². The fraction of sp³-hybridized carbons (Fsp3) is 0.333. The van der Waals surface area contributed by atoms with E-state index in [-0.39, 0.29) is 0 Å². The second kappa shape index (κ2) is 5.79. The molecule has 20 heavy (non-hydrogen) atoms. The predicted molar refractivity (Wildman–Crippen MR) is 87.4 cm³/mol. The summed E-state index contributed by atoms with van der Waals surface area (Å²) >= 11 is 12.4. The molecule has 104 valence electrons. The van der Waals surface area contributed by atoms with Gasteiger partial charge in [-0.15, -0.1) is 0 Å². The van der Waals surface area contributed by atoms with Gasteiger partial charge < -0.3 is 0 Å². The quantitative estimate of drug-likeness (QED) is 0.576. The third-order valence-corrected chi connectivity index (χ3v) is 5.14. The van der Waals surface area contributed by atoms with E-state index in [0.717, 1.165) is 6.42 Å². The first-order valence-electron chi connectivity index (χ1n) is 7.18. The Hall–Kier alpha value is -0.980. The summed E-state index contributed by atoms with van der Waals surface area (Å²) < 4.78 is 0. The van der Waals surface area contributed by atoms with E-state index in [2.05, 4.69) is 43.3 Å². The highest BCUT2D eigenvalue weighted by molar-refractivity contribution is 6.41. The van der Waals surface area contributed by atoms with Crippen molar-refractivity contribution >= 4 is 23.2 Å². The van der Waals surface area contributed by atoms with Gasteiger partial charge in [-0.25, -0.2) is 0 Å². The number of allylic oxidation sites excluding steroid dienone is 6. The number of hydrogen-bond donors (Lipinski definition) is 0. The van der Waals surface area contributed by atoms with Crippen LogP contribution in [-0.4, -0.2) is 0 Å². The van der Waals surface area contributed by atoms with Crippen LogP contribution in [0.15, 0.2) is 58.1 Å². The molecule has 0 saturated carbocycles. The van der Waals surface area contributed by atoms with Crippen molar-refractivity contribution in [2.24, 2.45) is 0 Å². The Morgan fingerprint density at radius 1 is 1.00 bits per heavy atom. The van der Waals surface area contributed by atoms with Gasteiger partial charge >= 0.3 is 0 Å². The van der Waals surface area contributed by atoms with Gasteiger partial charge in [0.1, 0.15) is 0 Å². The van der Waals surface area contributed by atoms with Crippen LogP contribution in [0.1, 0.15) is 49.1 Å². The van der Waals surface area contributed by atoms with Crippen LogP contribution in [0.25, 0.3) is 0 Å². The molecule has 0 spiro atoms. The minimum absolute atomic E-state index is 0.475. The van der Waals surface area contributed by atoms with Crippen molar-refractivity contribution in [1.29, 1.82) is 0 Å². The molecule has 2 heteroatoms. The van der Waals surface area contributed by atoms with Gasteiger partial charge in [-0.2, -0.15) is 0 Å². The minimum Gasteiger partial charge on any atom is -0.0827 e. The number of rotatable bonds is 1. The average molecular weight is 305 g/mol. The first-order valence-corrected chi connectivity index (χ1v) is 7.93. The topological polar surface area (TPSA) is 0 Å². The molecule has 2 aliphatic carbocycles. The molecule has 2 unspecified atom stereocenters. The molecule has 0 bridgehead atoms. The first-order chi connectivity index (χ1) is 9.66. The molecule has 0 fully saturated rings. The van der Waals surface area contributed by atoms with E-state index in [1.54, 1.807) is 0 Å². The van der Waals surface area contributed by atoms with E-state index in [1.807, 2.05) is 6.08 Å². The molecular weight excluding hydrogens is 287 g/mol. The fourth-order valence-corrected chi connectivity index (χ4v) is 3.65. The summed E-state index contributed by atoms with van der Waals surface area (Å²) in [6, 6.07) is 8.82. The molecule has 0 N–H and O–H groups in total. The van der Waals surface area contributed by atoms with Crippen LogP contribution in [0.3, 0.4) is 0 Å². The largest absolute Gasteiger partial charge is 0.0827 e. The van der Waals surface area contributed by atoms with Crippen LogP contribution in [0.5, 0.6) is 0 Å². The van der Waals surface area contributed by atoms with Crippen LogP contribution < -0.4 is 0 Å². The molecule has 0 amide bonds. The fourth-order valence-electron chi connectivity index (χ4n) is 3.30. The summed E-state index contributed by atoms with van der Waals surface area (Å²) in [7, 11) is 0. The maximum atomic E-state index is 6.26. The molecule has 1 aromatic carbocycles. The zero-order valence-electron chi connectivity index (χ0n) is 11.6. The number of halogens is 2. The minimum atomic E-state index is 0.475. The Labute approximate surface area is 130 Å². The zero-order chi connectivity index (χ0) is 14.1. The van der Waals surface area contributed by atoms with E-state index < -0.39 is 0 Å². The van der Waals surface area contributed by atoms with E-state index in [9.17, 15) is 0 Å². The SMILES string of the molecule is CC1CCC(C2=CC(Cl)=C(Cl)C=CC2)c2ccccc21. The molecular formula is C18H18Cl2. The van der Waals surface area contributed by atoms with Gasteiger partial charge in [-0.1, -0.05) is 66.0 Å². The molecule has 0 saturated heterocycles. The maximum absolute atomic E-state index is 6.26. The molecule has 0 nitrogen and oxygen atoms in total. The van der Waals surface area contributed by atoms with Crippen LogP contribution in [0.4, 0.5) is 0 Å². The van der Waals surface area contributed by atoms with Crippen molar-refractivity contribution in [2.45, 2.75) is 38.0 Å². The maximum Gasteiger partial charge on any atom is 0.0592 e. The van der Waals surface area contributed by atoms with Gasteiger partial charge in [-0.3, -0.25) is 0 Å².